The van der Waals surface area contributed by atoms with Gasteiger partial charge in [-0.25, -0.2) is 4.98 Å². The highest BCUT2D eigenvalue weighted by Gasteiger charge is 2.40. The molecular formula is C25H24BrF3N4O2. The van der Waals surface area contributed by atoms with E-state index < -0.39 is 17.9 Å². The molecule has 2 aromatic carbocycles. The summed E-state index contributed by atoms with van der Waals surface area (Å²) in [6.45, 7) is 1.48. The van der Waals surface area contributed by atoms with Gasteiger partial charge in [0.1, 0.15) is 0 Å². The Kier molecular flexibility index (Phi) is 6.33. The van der Waals surface area contributed by atoms with Crippen LogP contribution in [0.25, 0.3) is 11.0 Å². The normalized spacial score (nSPS) is 19.7. The molecule has 2 aliphatic rings. The van der Waals surface area contributed by atoms with E-state index in [1.807, 2.05) is 24.3 Å². The Hall–Kier alpha value is -2.88. The first-order chi connectivity index (χ1) is 16.7. The number of aromatic nitrogens is 2. The van der Waals surface area contributed by atoms with Crippen molar-refractivity contribution in [3.8, 4) is 0 Å². The van der Waals surface area contributed by atoms with E-state index in [1.165, 1.54) is 4.57 Å². The van der Waals surface area contributed by atoms with Gasteiger partial charge in [-0.2, -0.15) is 13.2 Å². The minimum Gasteiger partial charge on any atom is -0.342 e. The summed E-state index contributed by atoms with van der Waals surface area (Å²) in [5.41, 5.74) is 1.55. The average Bonchev–Trinajstić information content (AvgIpc) is 3.40. The fourth-order valence-corrected chi connectivity index (χ4v) is 5.48. The highest BCUT2D eigenvalue weighted by molar-refractivity contribution is 9.10. The number of hydrogen-bond donors (Lipinski definition) is 0. The number of anilines is 1. The molecule has 0 spiro atoms. The van der Waals surface area contributed by atoms with Crippen LogP contribution in [0.5, 0.6) is 0 Å². The fraction of sp³-hybridized carbons (Fsp3) is 0.400. The van der Waals surface area contributed by atoms with Crippen molar-refractivity contribution in [2.45, 2.75) is 32.0 Å². The molecule has 2 amide bonds. The number of rotatable bonds is 4. The van der Waals surface area contributed by atoms with Crippen LogP contribution >= 0.6 is 15.9 Å². The van der Waals surface area contributed by atoms with Crippen molar-refractivity contribution >= 4 is 44.5 Å². The van der Waals surface area contributed by atoms with Crippen molar-refractivity contribution in [2.75, 3.05) is 24.5 Å². The van der Waals surface area contributed by atoms with Crippen LogP contribution in [0.1, 0.15) is 25.1 Å². The molecule has 2 aliphatic heterocycles. The predicted molar refractivity (Wildman–Crippen MR) is 129 cm³/mol. The summed E-state index contributed by atoms with van der Waals surface area (Å²) in [6, 6.07) is 14.0. The van der Waals surface area contributed by atoms with E-state index >= 15 is 0 Å². The van der Waals surface area contributed by atoms with E-state index in [9.17, 15) is 22.8 Å². The van der Waals surface area contributed by atoms with Crippen LogP contribution in [0.15, 0.2) is 53.0 Å². The number of carbonyl (C=O) groups is 2. The molecule has 3 heterocycles. The van der Waals surface area contributed by atoms with Gasteiger partial charge < -0.3 is 14.4 Å². The number of amides is 2. The zero-order valence-corrected chi connectivity index (χ0v) is 20.4. The van der Waals surface area contributed by atoms with Gasteiger partial charge >= 0.3 is 6.18 Å². The van der Waals surface area contributed by atoms with E-state index in [-0.39, 0.29) is 30.7 Å². The number of alkyl halides is 3. The van der Waals surface area contributed by atoms with Crippen LogP contribution in [0.3, 0.4) is 0 Å². The Morgan fingerprint density at radius 2 is 1.83 bits per heavy atom. The van der Waals surface area contributed by atoms with Crippen molar-refractivity contribution in [2.24, 2.45) is 11.8 Å². The monoisotopic (exact) mass is 548 g/mol. The Labute approximate surface area is 208 Å². The predicted octanol–water partition coefficient (Wildman–Crippen LogP) is 5.11. The highest BCUT2D eigenvalue weighted by Crippen LogP contribution is 2.34. The maximum absolute atomic E-state index is 13.6. The summed E-state index contributed by atoms with van der Waals surface area (Å²) in [5, 5.41) is 0. The Bertz CT molecular complexity index is 1270. The average molecular weight is 549 g/mol. The van der Waals surface area contributed by atoms with Crippen molar-refractivity contribution in [1.29, 1.82) is 0 Å². The molecule has 0 aliphatic carbocycles. The van der Waals surface area contributed by atoms with Crippen LogP contribution in [-0.2, 0) is 22.3 Å². The van der Waals surface area contributed by atoms with Crippen molar-refractivity contribution in [3.05, 3.63) is 58.8 Å². The Balaban J connectivity index is 1.23. The first-order valence-electron chi connectivity index (χ1n) is 11.6. The Morgan fingerprint density at radius 3 is 2.54 bits per heavy atom. The number of para-hydroxylation sites is 2. The second-order valence-corrected chi connectivity index (χ2v) is 10.1. The first-order valence-corrected chi connectivity index (χ1v) is 12.4. The van der Waals surface area contributed by atoms with Gasteiger partial charge in [0, 0.05) is 42.8 Å². The Morgan fingerprint density at radius 1 is 1.09 bits per heavy atom. The van der Waals surface area contributed by atoms with Crippen LogP contribution in [0, 0.1) is 11.8 Å². The van der Waals surface area contributed by atoms with Gasteiger partial charge in [0.05, 0.1) is 17.0 Å². The van der Waals surface area contributed by atoms with Gasteiger partial charge in [-0.3, -0.25) is 9.59 Å². The third-order valence-corrected chi connectivity index (χ3v) is 7.36. The molecule has 2 fully saturated rings. The molecule has 35 heavy (non-hydrogen) atoms. The molecule has 2 saturated heterocycles. The standard InChI is InChI=1S/C25H24BrF3N4O2/c26-18-4-3-5-19(13-18)32-15-17(12-22(32)34)23(35)31-10-8-16(9-11-31)14-33-21-7-2-1-6-20(21)30-24(33)25(27,28)29/h1-7,13,16-17H,8-12,14-15H2. The number of benzene rings is 2. The fourth-order valence-electron chi connectivity index (χ4n) is 5.10. The van der Waals surface area contributed by atoms with Crippen molar-refractivity contribution in [3.63, 3.8) is 0 Å². The number of hydrogen-bond acceptors (Lipinski definition) is 3. The van der Waals surface area contributed by atoms with Gasteiger partial charge in [0.15, 0.2) is 0 Å². The quantitative estimate of drug-likeness (QED) is 0.455. The molecule has 5 rings (SSSR count). The van der Waals surface area contributed by atoms with E-state index in [1.54, 1.807) is 34.1 Å². The van der Waals surface area contributed by atoms with Gasteiger partial charge in [0.2, 0.25) is 17.6 Å². The number of halogens is 4. The molecular weight excluding hydrogens is 525 g/mol. The summed E-state index contributed by atoms with van der Waals surface area (Å²) in [4.78, 5) is 32.9. The van der Waals surface area contributed by atoms with E-state index in [0.29, 0.717) is 43.5 Å². The number of carbonyl (C=O) groups excluding carboxylic acids is 2. The highest BCUT2D eigenvalue weighted by atomic mass is 79.9. The molecule has 1 unspecified atom stereocenters. The molecule has 10 heteroatoms. The van der Waals surface area contributed by atoms with Crippen LogP contribution < -0.4 is 4.90 Å². The zero-order valence-electron chi connectivity index (χ0n) is 18.8. The summed E-state index contributed by atoms with van der Waals surface area (Å²) in [6.07, 6.45) is -3.16. The van der Waals surface area contributed by atoms with Gasteiger partial charge in [-0.05, 0) is 49.1 Å². The third-order valence-electron chi connectivity index (χ3n) is 6.87. The molecule has 0 bridgehead atoms. The first kappa shape index (κ1) is 23.8. The van der Waals surface area contributed by atoms with Gasteiger partial charge in [0.25, 0.3) is 0 Å². The van der Waals surface area contributed by atoms with Gasteiger partial charge in [-0.15, -0.1) is 0 Å². The minimum atomic E-state index is -4.54. The molecule has 0 saturated carbocycles. The smallest absolute Gasteiger partial charge is 0.342 e. The third kappa shape index (κ3) is 4.80. The van der Waals surface area contributed by atoms with Crippen LogP contribution in [-0.4, -0.2) is 45.9 Å². The zero-order chi connectivity index (χ0) is 24.7. The molecule has 3 aromatic rings. The summed E-state index contributed by atoms with van der Waals surface area (Å²) < 4.78 is 43.0. The van der Waals surface area contributed by atoms with Gasteiger partial charge in [-0.1, -0.05) is 34.1 Å². The van der Waals surface area contributed by atoms with Crippen molar-refractivity contribution < 1.29 is 22.8 Å². The maximum Gasteiger partial charge on any atom is 0.449 e. The summed E-state index contributed by atoms with van der Waals surface area (Å²) in [7, 11) is 0. The number of nitrogens with zero attached hydrogens (tertiary/aromatic N) is 4. The summed E-state index contributed by atoms with van der Waals surface area (Å²) in [5.74, 6) is -1.43. The van der Waals surface area contributed by atoms with Crippen LogP contribution in [0.4, 0.5) is 18.9 Å². The lowest BCUT2D eigenvalue weighted by molar-refractivity contribution is -0.147. The molecule has 1 aromatic heterocycles. The topological polar surface area (TPSA) is 58.4 Å². The molecule has 1 atom stereocenters. The minimum absolute atomic E-state index is 0.00105. The molecule has 6 nitrogen and oxygen atoms in total. The van der Waals surface area contributed by atoms with E-state index in [2.05, 4.69) is 20.9 Å². The maximum atomic E-state index is 13.6. The lowest BCUT2D eigenvalue weighted by Gasteiger charge is -2.34. The summed E-state index contributed by atoms with van der Waals surface area (Å²) >= 11 is 3.41. The number of fused-ring (bicyclic) bond motifs is 1. The number of likely N-dealkylation sites (tertiary alicyclic amines) is 1. The van der Waals surface area contributed by atoms with Crippen LogP contribution in [0.2, 0.25) is 0 Å². The second kappa shape index (κ2) is 9.29. The second-order valence-electron chi connectivity index (χ2n) is 9.19. The molecule has 184 valence electrons. The van der Waals surface area contributed by atoms with E-state index in [4.69, 9.17) is 0 Å². The molecule has 0 radical (unpaired) electrons. The lowest BCUT2D eigenvalue weighted by atomic mass is 9.95. The molecule has 0 N–H and O–H groups in total. The van der Waals surface area contributed by atoms with Crippen molar-refractivity contribution in [1.82, 2.24) is 14.5 Å². The largest absolute Gasteiger partial charge is 0.449 e. The number of imidazole rings is 1. The van der Waals surface area contributed by atoms with E-state index in [0.717, 1.165) is 10.2 Å². The number of piperidine rings is 1. The SMILES string of the molecule is O=C(C1CC(=O)N(c2cccc(Br)c2)C1)N1CCC(Cn2c(C(F)(F)F)nc3ccccc32)CC1. The lowest BCUT2D eigenvalue weighted by Crippen LogP contribution is -2.43.